The van der Waals surface area contributed by atoms with Gasteiger partial charge in [-0.1, -0.05) is 96.5 Å². The number of piperidine rings is 1. The van der Waals surface area contributed by atoms with Gasteiger partial charge in [-0.3, -0.25) is 9.69 Å². The quantitative estimate of drug-likeness (QED) is 0.176. The Morgan fingerprint density at radius 2 is 1.58 bits per heavy atom. The minimum atomic E-state index is -0.635. The first-order valence-corrected chi connectivity index (χ1v) is 19.2. The van der Waals surface area contributed by atoms with Gasteiger partial charge in [-0.05, 0) is 91.1 Å². The molecule has 7 rings (SSSR count). The first-order valence-electron chi connectivity index (χ1n) is 18.8. The standard InChI is InChI=1S/C43H49ClN4O4/c44-38-16-17-39(33-11-5-2-6-12-33)36(29-38)20-23-46-21-18-34(19-22-46)40(45-43(50)52-31-32-9-3-1-4-10-32)42(49)48-26-24-47(25-27-48)30-37-14-7-13-35-15-8-28-51-41(35)37/h1-7,9-14,16-17,29,34,40H,8,15,18-28,30-31H2,(H,45,50)/t40-/m1/s1. The van der Waals surface area contributed by atoms with Crippen LogP contribution in [-0.2, 0) is 35.5 Å². The summed E-state index contributed by atoms with van der Waals surface area (Å²) in [7, 11) is 0. The molecule has 2 saturated heterocycles. The van der Waals surface area contributed by atoms with Crippen LogP contribution in [0.5, 0.6) is 5.75 Å². The van der Waals surface area contributed by atoms with Gasteiger partial charge in [-0.2, -0.15) is 0 Å². The topological polar surface area (TPSA) is 74.4 Å². The summed E-state index contributed by atoms with van der Waals surface area (Å²) >= 11 is 6.44. The summed E-state index contributed by atoms with van der Waals surface area (Å²) in [5.74, 6) is 1.05. The number of hydrogen-bond acceptors (Lipinski definition) is 6. The van der Waals surface area contributed by atoms with Crippen LogP contribution in [0.25, 0.3) is 11.1 Å². The lowest BCUT2D eigenvalue weighted by molar-refractivity contribution is -0.137. The number of fused-ring (bicyclic) bond motifs is 1. The average Bonchev–Trinajstić information content (AvgIpc) is 3.19. The molecule has 1 N–H and O–H groups in total. The van der Waals surface area contributed by atoms with Gasteiger partial charge in [0.25, 0.3) is 0 Å². The van der Waals surface area contributed by atoms with E-state index in [-0.39, 0.29) is 18.4 Å². The maximum absolute atomic E-state index is 14.3. The van der Waals surface area contributed by atoms with Crippen LogP contribution >= 0.6 is 11.6 Å². The second-order valence-electron chi connectivity index (χ2n) is 14.2. The molecular weight excluding hydrogens is 672 g/mol. The summed E-state index contributed by atoms with van der Waals surface area (Å²) in [6, 6.07) is 32.0. The number of nitrogens with one attached hydrogen (secondary N) is 1. The van der Waals surface area contributed by atoms with E-state index in [0.29, 0.717) is 13.1 Å². The van der Waals surface area contributed by atoms with E-state index in [1.165, 1.54) is 27.8 Å². The fourth-order valence-electron chi connectivity index (χ4n) is 7.88. The van der Waals surface area contributed by atoms with Crippen LogP contribution < -0.4 is 10.1 Å². The van der Waals surface area contributed by atoms with E-state index in [0.717, 1.165) is 94.3 Å². The third kappa shape index (κ3) is 9.16. The third-order valence-electron chi connectivity index (χ3n) is 10.8. The number of para-hydroxylation sites is 1. The average molecular weight is 721 g/mol. The number of nitrogens with zero attached hydrogens (tertiary/aromatic N) is 3. The zero-order chi connectivity index (χ0) is 35.7. The van der Waals surface area contributed by atoms with Crippen molar-refractivity contribution in [2.24, 2.45) is 5.92 Å². The predicted octanol–water partition coefficient (Wildman–Crippen LogP) is 7.23. The molecule has 52 heavy (non-hydrogen) atoms. The van der Waals surface area contributed by atoms with Crippen LogP contribution in [0.2, 0.25) is 5.02 Å². The van der Waals surface area contributed by atoms with Crippen LogP contribution in [0, 0.1) is 5.92 Å². The maximum atomic E-state index is 14.3. The molecule has 0 saturated carbocycles. The maximum Gasteiger partial charge on any atom is 0.408 e. The molecule has 2 amide bonds. The van der Waals surface area contributed by atoms with Crippen LogP contribution in [0.15, 0.2) is 97.1 Å². The summed E-state index contributed by atoms with van der Waals surface area (Å²) in [5, 5.41) is 3.77. The fraction of sp³-hybridized carbons (Fsp3) is 0.395. The Hall–Kier alpha value is -4.37. The number of likely N-dealkylation sites (tertiary alicyclic amines) is 1. The normalized spacial score (nSPS) is 17.5. The minimum Gasteiger partial charge on any atom is -0.493 e. The molecule has 4 aromatic carbocycles. The monoisotopic (exact) mass is 720 g/mol. The largest absolute Gasteiger partial charge is 0.493 e. The molecule has 272 valence electrons. The molecule has 0 aromatic heterocycles. The van der Waals surface area contributed by atoms with Crippen LogP contribution in [0.4, 0.5) is 4.79 Å². The molecule has 2 fully saturated rings. The number of hydrogen-bond donors (Lipinski definition) is 1. The van der Waals surface area contributed by atoms with Gasteiger partial charge in [0.1, 0.15) is 18.4 Å². The number of rotatable bonds is 11. The van der Waals surface area contributed by atoms with Gasteiger partial charge >= 0.3 is 6.09 Å². The number of ether oxygens (including phenoxy) is 2. The first-order chi connectivity index (χ1) is 25.5. The van der Waals surface area contributed by atoms with Crippen LogP contribution in [-0.4, -0.2) is 85.2 Å². The fourth-order valence-corrected chi connectivity index (χ4v) is 8.07. The Morgan fingerprint density at radius 1 is 0.827 bits per heavy atom. The summed E-state index contributed by atoms with van der Waals surface area (Å²) < 4.78 is 11.7. The Balaban J connectivity index is 0.971. The number of alkyl carbamates (subject to hydrolysis) is 1. The Labute approximate surface area is 312 Å². The molecule has 0 unspecified atom stereocenters. The van der Waals surface area contributed by atoms with Gasteiger partial charge in [0.15, 0.2) is 0 Å². The van der Waals surface area contributed by atoms with E-state index >= 15 is 0 Å². The van der Waals surface area contributed by atoms with Gasteiger partial charge in [0.2, 0.25) is 5.91 Å². The van der Waals surface area contributed by atoms with Crippen molar-refractivity contribution in [3.63, 3.8) is 0 Å². The van der Waals surface area contributed by atoms with Gasteiger partial charge in [0.05, 0.1) is 6.61 Å². The zero-order valence-electron chi connectivity index (χ0n) is 29.9. The molecule has 9 heteroatoms. The lowest BCUT2D eigenvalue weighted by atomic mass is 9.88. The van der Waals surface area contributed by atoms with E-state index < -0.39 is 12.1 Å². The molecule has 0 aliphatic carbocycles. The summed E-state index contributed by atoms with van der Waals surface area (Å²) in [6.07, 6.45) is 4.08. The molecule has 1 atom stereocenters. The minimum absolute atomic E-state index is 0.0124. The summed E-state index contributed by atoms with van der Waals surface area (Å²) in [5.41, 5.74) is 7.04. The highest BCUT2D eigenvalue weighted by Crippen LogP contribution is 2.31. The van der Waals surface area contributed by atoms with Gasteiger partial charge in [-0.15, -0.1) is 0 Å². The highest BCUT2D eigenvalue weighted by Gasteiger charge is 2.37. The van der Waals surface area contributed by atoms with Crippen molar-refractivity contribution in [2.45, 2.75) is 51.3 Å². The van der Waals surface area contributed by atoms with E-state index in [4.69, 9.17) is 21.1 Å². The first kappa shape index (κ1) is 36.0. The second-order valence-corrected chi connectivity index (χ2v) is 14.7. The lowest BCUT2D eigenvalue weighted by Crippen LogP contribution is -2.58. The number of amides is 2. The Bertz CT molecular complexity index is 1790. The number of aryl methyl sites for hydroxylation is 1. The number of halogens is 1. The molecule has 3 aliphatic rings. The predicted molar refractivity (Wildman–Crippen MR) is 205 cm³/mol. The van der Waals surface area contributed by atoms with Crippen LogP contribution in [0.3, 0.4) is 0 Å². The van der Waals surface area contributed by atoms with Crippen molar-refractivity contribution in [1.29, 1.82) is 0 Å². The van der Waals surface area contributed by atoms with E-state index in [1.807, 2.05) is 47.4 Å². The van der Waals surface area contributed by atoms with E-state index in [2.05, 4.69) is 69.7 Å². The molecule has 3 aliphatic heterocycles. The number of carbonyl (C=O) groups excluding carboxylic acids is 2. The number of carbonyl (C=O) groups is 2. The molecular formula is C43H49ClN4O4. The molecule has 0 radical (unpaired) electrons. The lowest BCUT2D eigenvalue weighted by Gasteiger charge is -2.40. The zero-order valence-corrected chi connectivity index (χ0v) is 30.6. The van der Waals surface area contributed by atoms with Crippen molar-refractivity contribution in [2.75, 3.05) is 52.4 Å². The van der Waals surface area contributed by atoms with Gasteiger partial charge < -0.3 is 24.6 Å². The van der Waals surface area contributed by atoms with Crippen molar-refractivity contribution >= 4 is 23.6 Å². The van der Waals surface area contributed by atoms with Crippen molar-refractivity contribution in [1.82, 2.24) is 20.0 Å². The number of benzene rings is 4. The van der Waals surface area contributed by atoms with Crippen molar-refractivity contribution in [3.05, 3.63) is 124 Å². The van der Waals surface area contributed by atoms with Gasteiger partial charge in [0, 0.05) is 49.9 Å². The third-order valence-corrected chi connectivity index (χ3v) is 11.0. The molecule has 3 heterocycles. The summed E-state index contributed by atoms with van der Waals surface area (Å²) in [4.78, 5) is 34.2. The second kappa shape index (κ2) is 17.4. The molecule has 0 spiro atoms. The van der Waals surface area contributed by atoms with Gasteiger partial charge in [-0.25, -0.2) is 4.79 Å². The summed E-state index contributed by atoms with van der Waals surface area (Å²) in [6.45, 7) is 7.12. The molecule has 4 aromatic rings. The molecule has 8 nitrogen and oxygen atoms in total. The SMILES string of the molecule is O=C(N[C@@H](C(=O)N1CCN(Cc2cccc3c2OCCC3)CC1)C1CCN(CCc2cc(Cl)ccc2-c2ccccc2)CC1)OCc1ccccc1. The highest BCUT2D eigenvalue weighted by atomic mass is 35.5. The smallest absolute Gasteiger partial charge is 0.408 e. The number of piperazine rings is 1. The highest BCUT2D eigenvalue weighted by molar-refractivity contribution is 6.30. The van der Waals surface area contributed by atoms with E-state index in [9.17, 15) is 9.59 Å². The molecule has 0 bridgehead atoms. The Kier molecular flexibility index (Phi) is 12.1. The van der Waals surface area contributed by atoms with Crippen molar-refractivity contribution in [3.8, 4) is 16.9 Å². The Morgan fingerprint density at radius 3 is 2.35 bits per heavy atom. The van der Waals surface area contributed by atoms with Crippen LogP contribution in [0.1, 0.15) is 41.5 Å². The van der Waals surface area contributed by atoms with Crippen molar-refractivity contribution < 1.29 is 19.1 Å². The van der Waals surface area contributed by atoms with E-state index in [1.54, 1.807) is 0 Å².